The molecule has 0 aliphatic rings. The second-order valence-electron chi connectivity index (χ2n) is 5.22. The third-order valence-corrected chi connectivity index (χ3v) is 3.87. The van der Waals surface area contributed by atoms with Crippen LogP contribution in [0, 0.1) is 15.5 Å². The van der Waals surface area contributed by atoms with Gasteiger partial charge in [-0.05, 0) is 25.5 Å². The Morgan fingerprint density at radius 2 is 2.05 bits per heavy atom. The van der Waals surface area contributed by atoms with E-state index >= 15 is 0 Å². The van der Waals surface area contributed by atoms with Gasteiger partial charge in [-0.2, -0.15) is 0 Å². The van der Waals surface area contributed by atoms with Crippen molar-refractivity contribution in [3.8, 4) is 0 Å². The van der Waals surface area contributed by atoms with Gasteiger partial charge in [-0.15, -0.1) is 11.6 Å². The minimum Gasteiger partial charge on any atom is -0.341 e. The van der Waals surface area contributed by atoms with Crippen molar-refractivity contribution in [2.45, 2.75) is 20.4 Å². The molecule has 0 radical (unpaired) electrons. The van der Waals surface area contributed by atoms with Gasteiger partial charge in [-0.1, -0.05) is 17.7 Å². The maximum Gasteiger partial charge on any atom is 0.288 e. The first-order valence-corrected chi connectivity index (χ1v) is 6.84. The van der Waals surface area contributed by atoms with Gasteiger partial charge in [0.05, 0.1) is 10.3 Å². The van der Waals surface area contributed by atoms with Crippen molar-refractivity contribution in [3.05, 3.63) is 38.9 Å². The van der Waals surface area contributed by atoms with E-state index in [1.165, 1.54) is 17.0 Å². The fourth-order valence-electron chi connectivity index (χ4n) is 1.72. The van der Waals surface area contributed by atoms with E-state index in [1.54, 1.807) is 27.0 Å². The van der Waals surface area contributed by atoms with Crippen LogP contribution < -0.4 is 0 Å². The highest BCUT2D eigenvalue weighted by atomic mass is 35.5. The molecule has 0 saturated heterocycles. The predicted molar refractivity (Wildman–Crippen MR) is 79.1 cm³/mol. The molecule has 1 aromatic carbocycles. The Hall–Kier alpha value is -1.33. The number of carbonyl (C=O) groups excluding carboxylic acids is 1. The summed E-state index contributed by atoms with van der Waals surface area (Å²) in [6, 6.07) is 4.49. The molecular weight excluding hydrogens is 303 g/mol. The Labute approximate surface area is 127 Å². The first-order chi connectivity index (χ1) is 9.19. The molecule has 0 heterocycles. The standard InChI is InChI=1S/C13H16Cl2N2O3/c1-13(2,8-14)12(18)16(3)7-9-4-5-10(15)11(6-9)17(19)20/h4-6H,7-8H2,1-3H3. The monoisotopic (exact) mass is 318 g/mol. The smallest absolute Gasteiger partial charge is 0.288 e. The fourth-order valence-corrected chi connectivity index (χ4v) is 2.02. The van der Waals surface area contributed by atoms with Crippen molar-refractivity contribution < 1.29 is 9.72 Å². The molecule has 0 fully saturated rings. The topological polar surface area (TPSA) is 63.4 Å². The van der Waals surface area contributed by atoms with E-state index in [0.29, 0.717) is 5.56 Å². The lowest BCUT2D eigenvalue weighted by atomic mass is 9.94. The largest absolute Gasteiger partial charge is 0.341 e. The Morgan fingerprint density at radius 3 is 2.55 bits per heavy atom. The van der Waals surface area contributed by atoms with E-state index in [1.807, 2.05) is 0 Å². The van der Waals surface area contributed by atoms with Gasteiger partial charge in [0.2, 0.25) is 5.91 Å². The number of alkyl halides is 1. The van der Waals surface area contributed by atoms with Gasteiger partial charge >= 0.3 is 0 Å². The number of benzene rings is 1. The summed E-state index contributed by atoms with van der Waals surface area (Å²) >= 11 is 11.5. The van der Waals surface area contributed by atoms with Crippen LogP contribution in [0.25, 0.3) is 0 Å². The Balaban J connectivity index is 2.92. The summed E-state index contributed by atoms with van der Waals surface area (Å²) in [5, 5.41) is 10.9. The zero-order valence-corrected chi connectivity index (χ0v) is 13.0. The predicted octanol–water partition coefficient (Wildman–Crippen LogP) is 3.47. The molecule has 0 bridgehead atoms. The van der Waals surface area contributed by atoms with Crippen LogP contribution in [0.1, 0.15) is 19.4 Å². The molecule has 1 amide bonds. The molecule has 1 rings (SSSR count). The number of nitrogens with zero attached hydrogens (tertiary/aromatic N) is 2. The Bertz CT molecular complexity index is 532. The van der Waals surface area contributed by atoms with E-state index < -0.39 is 10.3 Å². The third-order valence-electron chi connectivity index (χ3n) is 2.89. The molecule has 0 N–H and O–H groups in total. The SMILES string of the molecule is CN(Cc1ccc(Cl)c([N+](=O)[O-])c1)C(=O)C(C)(C)CCl. The van der Waals surface area contributed by atoms with Crippen molar-refractivity contribution in [2.75, 3.05) is 12.9 Å². The summed E-state index contributed by atoms with van der Waals surface area (Å²) in [6.45, 7) is 3.77. The van der Waals surface area contributed by atoms with E-state index in [2.05, 4.69) is 0 Å². The van der Waals surface area contributed by atoms with Crippen molar-refractivity contribution in [1.82, 2.24) is 4.90 Å². The zero-order chi connectivity index (χ0) is 15.5. The second kappa shape index (κ2) is 6.41. The average Bonchev–Trinajstić information content (AvgIpc) is 2.39. The van der Waals surface area contributed by atoms with Gasteiger partial charge in [-0.3, -0.25) is 14.9 Å². The number of nitro groups is 1. The summed E-state index contributed by atoms with van der Waals surface area (Å²) in [7, 11) is 1.64. The maximum atomic E-state index is 12.2. The van der Waals surface area contributed by atoms with Crippen molar-refractivity contribution in [3.63, 3.8) is 0 Å². The normalized spacial score (nSPS) is 11.2. The number of amides is 1. The minimum absolute atomic E-state index is 0.0776. The van der Waals surface area contributed by atoms with Crippen LogP contribution in [-0.4, -0.2) is 28.7 Å². The van der Waals surface area contributed by atoms with Gasteiger partial charge in [0, 0.05) is 25.5 Å². The number of carbonyl (C=O) groups is 1. The number of nitro benzene ring substituents is 1. The quantitative estimate of drug-likeness (QED) is 0.474. The van der Waals surface area contributed by atoms with Crippen LogP contribution in [-0.2, 0) is 11.3 Å². The number of hydrogen-bond donors (Lipinski definition) is 0. The molecule has 0 unspecified atom stereocenters. The summed E-state index contributed by atoms with van der Waals surface area (Å²) < 4.78 is 0. The molecule has 0 aromatic heterocycles. The summed E-state index contributed by atoms with van der Waals surface area (Å²) in [4.78, 5) is 23.9. The van der Waals surface area contributed by atoms with E-state index in [9.17, 15) is 14.9 Å². The van der Waals surface area contributed by atoms with Crippen LogP contribution in [0.4, 0.5) is 5.69 Å². The van der Waals surface area contributed by atoms with Gasteiger partial charge in [0.15, 0.2) is 0 Å². The molecule has 0 atom stereocenters. The van der Waals surface area contributed by atoms with Gasteiger partial charge < -0.3 is 4.90 Å². The molecule has 5 nitrogen and oxygen atoms in total. The molecule has 0 aliphatic heterocycles. The summed E-state index contributed by atoms with van der Waals surface area (Å²) in [6.07, 6.45) is 0. The Morgan fingerprint density at radius 1 is 1.45 bits per heavy atom. The maximum absolute atomic E-state index is 12.2. The van der Waals surface area contributed by atoms with Gasteiger partial charge in [0.25, 0.3) is 5.69 Å². The average molecular weight is 319 g/mol. The number of halogens is 2. The molecular formula is C13H16Cl2N2O3. The van der Waals surface area contributed by atoms with Crippen LogP contribution in [0.15, 0.2) is 18.2 Å². The van der Waals surface area contributed by atoms with E-state index in [-0.39, 0.29) is 29.0 Å². The van der Waals surface area contributed by atoms with Crippen LogP contribution in [0.5, 0.6) is 0 Å². The highest BCUT2D eigenvalue weighted by molar-refractivity contribution is 6.32. The summed E-state index contributed by atoms with van der Waals surface area (Å²) in [5.41, 5.74) is -0.196. The lowest BCUT2D eigenvalue weighted by Crippen LogP contribution is -2.39. The Kier molecular flexibility index (Phi) is 5.36. The van der Waals surface area contributed by atoms with Crippen LogP contribution in [0.2, 0.25) is 5.02 Å². The van der Waals surface area contributed by atoms with Crippen molar-refractivity contribution in [2.24, 2.45) is 5.41 Å². The zero-order valence-electron chi connectivity index (χ0n) is 11.5. The van der Waals surface area contributed by atoms with Gasteiger partial charge in [-0.25, -0.2) is 0 Å². The van der Waals surface area contributed by atoms with E-state index in [0.717, 1.165) is 0 Å². The third kappa shape index (κ3) is 3.84. The van der Waals surface area contributed by atoms with Crippen molar-refractivity contribution in [1.29, 1.82) is 0 Å². The molecule has 20 heavy (non-hydrogen) atoms. The molecule has 0 spiro atoms. The molecule has 7 heteroatoms. The molecule has 0 aliphatic carbocycles. The minimum atomic E-state index is -0.672. The fraction of sp³-hybridized carbons (Fsp3) is 0.462. The number of hydrogen-bond acceptors (Lipinski definition) is 3. The number of rotatable bonds is 5. The summed E-state index contributed by atoms with van der Waals surface area (Å²) in [5.74, 6) is 0.0850. The van der Waals surface area contributed by atoms with Crippen molar-refractivity contribution >= 4 is 34.8 Å². The van der Waals surface area contributed by atoms with Gasteiger partial charge in [0.1, 0.15) is 5.02 Å². The molecule has 1 aromatic rings. The van der Waals surface area contributed by atoms with Crippen LogP contribution >= 0.6 is 23.2 Å². The molecule has 110 valence electrons. The highest BCUT2D eigenvalue weighted by Gasteiger charge is 2.29. The first kappa shape index (κ1) is 16.7. The lowest BCUT2D eigenvalue weighted by Gasteiger charge is -2.27. The molecule has 0 saturated carbocycles. The highest BCUT2D eigenvalue weighted by Crippen LogP contribution is 2.26. The second-order valence-corrected chi connectivity index (χ2v) is 5.90. The van der Waals surface area contributed by atoms with Crippen LogP contribution in [0.3, 0.4) is 0 Å². The first-order valence-electron chi connectivity index (χ1n) is 5.93. The van der Waals surface area contributed by atoms with E-state index in [4.69, 9.17) is 23.2 Å². The lowest BCUT2D eigenvalue weighted by molar-refractivity contribution is -0.384.